The largest absolute Gasteiger partial charge is 0.255 e. The van der Waals surface area contributed by atoms with Gasteiger partial charge in [-0.05, 0) is 12.1 Å². The Balaban J connectivity index is 2.25. The first-order chi connectivity index (χ1) is 7.84. The first-order valence-corrected chi connectivity index (χ1v) is 5.14. The summed E-state index contributed by atoms with van der Waals surface area (Å²) in [6, 6.07) is 9.23. The highest BCUT2D eigenvalue weighted by Gasteiger charge is 2.06. The van der Waals surface area contributed by atoms with E-state index in [-0.39, 0.29) is 0 Å². The van der Waals surface area contributed by atoms with Crippen LogP contribution in [0.25, 0.3) is 17.0 Å². The third-order valence-electron chi connectivity index (χ3n) is 2.24. The molecule has 3 aromatic heterocycles. The highest BCUT2D eigenvalue weighted by molar-refractivity contribution is 6.29. The van der Waals surface area contributed by atoms with Gasteiger partial charge in [-0.2, -0.15) is 5.10 Å². The maximum atomic E-state index is 6.09. The molecule has 4 nitrogen and oxygen atoms in total. The quantitative estimate of drug-likeness (QED) is 0.603. The van der Waals surface area contributed by atoms with Gasteiger partial charge in [-0.3, -0.25) is 4.98 Å². The van der Waals surface area contributed by atoms with E-state index in [1.807, 2.05) is 18.2 Å². The Bertz CT molecular complexity index is 633. The summed E-state index contributed by atoms with van der Waals surface area (Å²) in [6.45, 7) is 0. The fourth-order valence-electron chi connectivity index (χ4n) is 1.52. The van der Waals surface area contributed by atoms with Crippen molar-refractivity contribution in [3.05, 3.63) is 47.9 Å². The molecule has 0 atom stereocenters. The van der Waals surface area contributed by atoms with E-state index >= 15 is 0 Å². The van der Waals surface area contributed by atoms with Crippen LogP contribution in [-0.2, 0) is 0 Å². The lowest BCUT2D eigenvalue weighted by Crippen LogP contribution is -1.95. The van der Waals surface area contributed by atoms with Crippen LogP contribution in [0.3, 0.4) is 0 Å². The van der Waals surface area contributed by atoms with Crippen LogP contribution in [0.2, 0.25) is 5.15 Å². The van der Waals surface area contributed by atoms with Gasteiger partial charge in [0.25, 0.3) is 0 Å². The molecule has 0 bridgehead atoms. The van der Waals surface area contributed by atoms with Gasteiger partial charge in [-0.15, -0.1) is 0 Å². The highest BCUT2D eigenvalue weighted by atomic mass is 35.5. The van der Waals surface area contributed by atoms with Crippen LogP contribution in [0.5, 0.6) is 0 Å². The molecule has 0 fully saturated rings. The fraction of sp³-hybridized carbons (Fsp3) is 0. The van der Waals surface area contributed by atoms with Crippen LogP contribution < -0.4 is 0 Å². The monoisotopic (exact) mass is 230 g/mol. The summed E-state index contributed by atoms with van der Waals surface area (Å²) in [5.74, 6) is 0. The maximum absolute atomic E-state index is 6.09. The number of halogens is 1. The van der Waals surface area contributed by atoms with Crippen molar-refractivity contribution in [1.29, 1.82) is 0 Å². The minimum absolute atomic E-state index is 0.524. The van der Waals surface area contributed by atoms with E-state index in [0.29, 0.717) is 10.8 Å². The van der Waals surface area contributed by atoms with Gasteiger partial charge in [0.1, 0.15) is 5.15 Å². The number of hydrogen-bond donors (Lipinski definition) is 0. The zero-order chi connectivity index (χ0) is 11.0. The molecule has 0 unspecified atom stereocenters. The molecule has 0 spiro atoms. The first kappa shape index (κ1) is 9.30. The van der Waals surface area contributed by atoms with E-state index in [1.54, 1.807) is 29.0 Å². The fourth-order valence-corrected chi connectivity index (χ4v) is 1.75. The van der Waals surface area contributed by atoms with Crippen molar-refractivity contribution in [2.45, 2.75) is 0 Å². The predicted octanol–water partition coefficient (Wildman–Crippen LogP) is 2.44. The van der Waals surface area contributed by atoms with Gasteiger partial charge in [-0.1, -0.05) is 17.7 Å². The van der Waals surface area contributed by atoms with Crippen molar-refractivity contribution >= 4 is 17.2 Å². The van der Waals surface area contributed by atoms with E-state index in [2.05, 4.69) is 15.1 Å². The van der Waals surface area contributed by atoms with Gasteiger partial charge >= 0.3 is 0 Å². The van der Waals surface area contributed by atoms with Crippen molar-refractivity contribution in [1.82, 2.24) is 19.6 Å². The lowest BCUT2D eigenvalue weighted by molar-refractivity contribution is 0.940. The summed E-state index contributed by atoms with van der Waals surface area (Å²) in [5, 5.41) is 4.58. The van der Waals surface area contributed by atoms with Gasteiger partial charge in [-0.25, -0.2) is 9.50 Å². The summed E-state index contributed by atoms with van der Waals surface area (Å²) in [6.07, 6.45) is 3.39. The van der Waals surface area contributed by atoms with Gasteiger partial charge in [0.05, 0.1) is 17.6 Å². The number of aromatic nitrogens is 4. The number of nitrogens with zero attached hydrogens (tertiary/aromatic N) is 4. The minimum Gasteiger partial charge on any atom is -0.255 e. The third-order valence-corrected chi connectivity index (χ3v) is 2.51. The van der Waals surface area contributed by atoms with Crippen molar-refractivity contribution in [2.75, 3.05) is 0 Å². The predicted molar refractivity (Wildman–Crippen MR) is 61.2 cm³/mol. The average molecular weight is 231 g/mol. The standard InChI is InChI=1S/C11H7ClN4/c12-10-7-9(8-3-1-2-5-13-8)15-11-4-6-14-16(10)11/h1-7H. The zero-order valence-corrected chi connectivity index (χ0v) is 8.96. The zero-order valence-electron chi connectivity index (χ0n) is 8.21. The molecular weight excluding hydrogens is 224 g/mol. The number of pyridine rings is 1. The summed E-state index contributed by atoms with van der Waals surface area (Å²) in [5.41, 5.74) is 2.26. The average Bonchev–Trinajstić information content (AvgIpc) is 2.79. The van der Waals surface area contributed by atoms with Crippen molar-refractivity contribution in [3.8, 4) is 11.4 Å². The Hall–Kier alpha value is -1.94. The molecule has 0 aromatic carbocycles. The van der Waals surface area contributed by atoms with Crippen LogP contribution in [-0.4, -0.2) is 19.6 Å². The minimum atomic E-state index is 0.524. The molecule has 0 aliphatic heterocycles. The molecule has 0 radical (unpaired) electrons. The lowest BCUT2D eigenvalue weighted by atomic mass is 10.2. The summed E-state index contributed by atoms with van der Waals surface area (Å²) in [7, 11) is 0. The van der Waals surface area contributed by atoms with Gasteiger partial charge in [0.15, 0.2) is 5.65 Å². The summed E-state index contributed by atoms with van der Waals surface area (Å²) >= 11 is 6.09. The van der Waals surface area contributed by atoms with Gasteiger partial charge < -0.3 is 0 Å². The van der Waals surface area contributed by atoms with Crippen LogP contribution >= 0.6 is 11.6 Å². The van der Waals surface area contributed by atoms with E-state index in [0.717, 1.165) is 11.4 Å². The maximum Gasteiger partial charge on any atom is 0.157 e. The van der Waals surface area contributed by atoms with Crippen LogP contribution in [0, 0.1) is 0 Å². The smallest absolute Gasteiger partial charge is 0.157 e. The number of fused-ring (bicyclic) bond motifs is 1. The Morgan fingerprint density at radius 3 is 2.81 bits per heavy atom. The van der Waals surface area contributed by atoms with Crippen molar-refractivity contribution < 1.29 is 0 Å². The normalized spacial score (nSPS) is 10.8. The highest BCUT2D eigenvalue weighted by Crippen LogP contribution is 2.19. The van der Waals surface area contributed by atoms with Crippen molar-refractivity contribution in [3.63, 3.8) is 0 Å². The second-order valence-corrected chi connectivity index (χ2v) is 3.67. The van der Waals surface area contributed by atoms with E-state index in [4.69, 9.17) is 11.6 Å². The molecule has 3 rings (SSSR count). The van der Waals surface area contributed by atoms with Crippen LogP contribution in [0.15, 0.2) is 42.7 Å². The van der Waals surface area contributed by atoms with Gasteiger partial charge in [0, 0.05) is 18.3 Å². The molecule has 5 heteroatoms. The molecule has 0 amide bonds. The molecule has 3 heterocycles. The topological polar surface area (TPSA) is 43.1 Å². The van der Waals surface area contributed by atoms with Crippen LogP contribution in [0.4, 0.5) is 0 Å². The Morgan fingerprint density at radius 2 is 2.00 bits per heavy atom. The Kier molecular flexibility index (Phi) is 2.08. The molecule has 0 N–H and O–H groups in total. The van der Waals surface area contributed by atoms with E-state index in [9.17, 15) is 0 Å². The molecule has 78 valence electrons. The molecule has 0 saturated carbocycles. The van der Waals surface area contributed by atoms with Gasteiger partial charge in [0.2, 0.25) is 0 Å². The number of hydrogen-bond acceptors (Lipinski definition) is 3. The number of rotatable bonds is 1. The first-order valence-electron chi connectivity index (χ1n) is 4.76. The van der Waals surface area contributed by atoms with Crippen LogP contribution in [0.1, 0.15) is 0 Å². The molecule has 0 saturated heterocycles. The summed E-state index contributed by atoms with van der Waals surface area (Å²) < 4.78 is 1.58. The molecule has 0 aliphatic rings. The molecule has 16 heavy (non-hydrogen) atoms. The van der Waals surface area contributed by atoms with Crippen molar-refractivity contribution in [2.24, 2.45) is 0 Å². The van der Waals surface area contributed by atoms with E-state index in [1.165, 1.54) is 0 Å². The second kappa shape index (κ2) is 3.57. The molecular formula is C11H7ClN4. The lowest BCUT2D eigenvalue weighted by Gasteiger charge is -2.02. The van der Waals surface area contributed by atoms with E-state index < -0.39 is 0 Å². The molecule has 3 aromatic rings. The summed E-state index contributed by atoms with van der Waals surface area (Å²) in [4.78, 5) is 8.65. The Morgan fingerprint density at radius 1 is 1.06 bits per heavy atom. The second-order valence-electron chi connectivity index (χ2n) is 3.28. The molecule has 0 aliphatic carbocycles. The Labute approximate surface area is 96.5 Å². The SMILES string of the molecule is Clc1cc(-c2ccccn2)nc2ccnn12. The third kappa shape index (κ3) is 1.44.